The third-order valence-corrected chi connectivity index (χ3v) is 2.62. The van der Waals surface area contributed by atoms with Crippen molar-refractivity contribution < 1.29 is 8.78 Å². The molecular weight excluding hydrogens is 158 g/mol. The molecule has 0 spiro atoms. The summed E-state index contributed by atoms with van der Waals surface area (Å²) in [6.07, 6.45) is 5.45. The summed E-state index contributed by atoms with van der Waals surface area (Å²) in [7, 11) is 0. The van der Waals surface area contributed by atoms with E-state index >= 15 is 0 Å². The van der Waals surface area contributed by atoms with Crippen molar-refractivity contribution in [3.8, 4) is 0 Å². The molecule has 0 aromatic carbocycles. The van der Waals surface area contributed by atoms with Crippen molar-refractivity contribution in [2.75, 3.05) is 0 Å². The molecule has 0 saturated heterocycles. The lowest BCUT2D eigenvalue weighted by Crippen LogP contribution is -2.24. The first-order valence-electron chi connectivity index (χ1n) is 4.63. The van der Waals surface area contributed by atoms with Crippen molar-refractivity contribution in [2.45, 2.75) is 44.4 Å². The highest BCUT2D eigenvalue weighted by molar-refractivity contribution is 4.79. The molecule has 1 aliphatic carbocycles. The molecule has 1 saturated carbocycles. The number of allylic oxidation sites excluding steroid dienone is 1. The smallest absolute Gasteiger partial charge is 0.207 e. The molecule has 2 heteroatoms. The summed E-state index contributed by atoms with van der Waals surface area (Å²) in [5.74, 6) is -1.85. The molecule has 1 fully saturated rings. The average Bonchev–Trinajstić information content (AvgIpc) is 2.03. The molecule has 0 heterocycles. The van der Waals surface area contributed by atoms with Gasteiger partial charge in [0, 0.05) is 12.8 Å². The zero-order valence-corrected chi connectivity index (χ0v) is 7.36. The van der Waals surface area contributed by atoms with Gasteiger partial charge in [0.1, 0.15) is 0 Å². The van der Waals surface area contributed by atoms with Gasteiger partial charge >= 0.3 is 0 Å². The molecule has 1 rings (SSSR count). The van der Waals surface area contributed by atoms with Crippen LogP contribution in [0.25, 0.3) is 0 Å². The van der Waals surface area contributed by atoms with Crippen molar-refractivity contribution in [3.05, 3.63) is 12.7 Å². The van der Waals surface area contributed by atoms with E-state index in [-0.39, 0.29) is 12.8 Å². The zero-order valence-electron chi connectivity index (χ0n) is 7.36. The van der Waals surface area contributed by atoms with Gasteiger partial charge < -0.3 is 0 Å². The summed E-state index contributed by atoms with van der Waals surface area (Å²) in [5, 5.41) is 0. The Bertz CT molecular complexity index is 142. The van der Waals surface area contributed by atoms with Crippen LogP contribution in [0.5, 0.6) is 0 Å². The Labute approximate surface area is 72.7 Å². The number of hydrogen-bond donors (Lipinski definition) is 0. The molecular formula is C10H16F2. The van der Waals surface area contributed by atoms with Crippen LogP contribution in [0, 0.1) is 5.92 Å². The fraction of sp³-hybridized carbons (Fsp3) is 0.800. The second kappa shape index (κ2) is 4.01. The van der Waals surface area contributed by atoms with E-state index in [1.54, 1.807) is 0 Å². The maximum Gasteiger partial charge on any atom is 0.248 e. The summed E-state index contributed by atoms with van der Waals surface area (Å²) >= 11 is 0. The lowest BCUT2D eigenvalue weighted by molar-refractivity contribution is -0.0463. The Balaban J connectivity index is 2.22. The van der Waals surface area contributed by atoms with E-state index in [1.807, 2.05) is 6.08 Å². The maximum atomic E-state index is 12.7. The topological polar surface area (TPSA) is 0 Å². The zero-order chi connectivity index (χ0) is 9.03. The molecule has 1 aliphatic rings. The second-order valence-corrected chi connectivity index (χ2v) is 3.67. The third kappa shape index (κ3) is 2.92. The first-order chi connectivity index (χ1) is 5.64. The summed E-state index contributed by atoms with van der Waals surface area (Å²) < 4.78 is 25.4. The summed E-state index contributed by atoms with van der Waals surface area (Å²) in [6, 6.07) is 0. The molecule has 0 aromatic rings. The van der Waals surface area contributed by atoms with Gasteiger partial charge in [-0.1, -0.05) is 6.08 Å². The van der Waals surface area contributed by atoms with Gasteiger partial charge in [0.2, 0.25) is 5.92 Å². The fourth-order valence-corrected chi connectivity index (χ4v) is 1.74. The average molecular weight is 174 g/mol. The van der Waals surface area contributed by atoms with Gasteiger partial charge in [-0.25, -0.2) is 8.78 Å². The van der Waals surface area contributed by atoms with Crippen molar-refractivity contribution in [2.24, 2.45) is 5.92 Å². The van der Waals surface area contributed by atoms with Crippen molar-refractivity contribution in [1.82, 2.24) is 0 Å². The molecule has 0 aliphatic heterocycles. The van der Waals surface area contributed by atoms with Crippen LogP contribution in [0.2, 0.25) is 0 Å². The van der Waals surface area contributed by atoms with E-state index in [9.17, 15) is 8.78 Å². The predicted molar refractivity (Wildman–Crippen MR) is 46.3 cm³/mol. The minimum atomic E-state index is -2.37. The molecule has 0 atom stereocenters. The lowest BCUT2D eigenvalue weighted by atomic mass is 9.84. The number of rotatable bonds is 3. The van der Waals surface area contributed by atoms with Gasteiger partial charge in [-0.2, -0.15) is 0 Å². The highest BCUT2D eigenvalue weighted by Crippen LogP contribution is 2.37. The van der Waals surface area contributed by atoms with Crippen LogP contribution in [0.15, 0.2) is 12.7 Å². The summed E-state index contributed by atoms with van der Waals surface area (Å²) in [4.78, 5) is 0. The van der Waals surface area contributed by atoms with Gasteiger partial charge in [0.15, 0.2) is 0 Å². The third-order valence-electron chi connectivity index (χ3n) is 2.62. The fourth-order valence-electron chi connectivity index (χ4n) is 1.74. The number of hydrogen-bond acceptors (Lipinski definition) is 0. The van der Waals surface area contributed by atoms with E-state index in [0.717, 1.165) is 12.8 Å². The van der Waals surface area contributed by atoms with E-state index in [0.29, 0.717) is 18.8 Å². The summed E-state index contributed by atoms with van der Waals surface area (Å²) in [5.41, 5.74) is 0. The molecule has 0 unspecified atom stereocenters. The molecule has 0 bridgehead atoms. The van der Waals surface area contributed by atoms with Gasteiger partial charge in [-0.15, -0.1) is 6.58 Å². The first-order valence-corrected chi connectivity index (χ1v) is 4.63. The van der Waals surface area contributed by atoms with Crippen LogP contribution < -0.4 is 0 Å². The summed E-state index contributed by atoms with van der Waals surface area (Å²) in [6.45, 7) is 3.63. The quantitative estimate of drug-likeness (QED) is 0.571. The predicted octanol–water partition coefficient (Wildman–Crippen LogP) is 3.78. The van der Waals surface area contributed by atoms with E-state index in [4.69, 9.17) is 0 Å². The molecule has 0 aromatic heterocycles. The SMILES string of the molecule is C=CCCC1CCC(F)(F)CC1. The van der Waals surface area contributed by atoms with Crippen LogP contribution in [0.1, 0.15) is 38.5 Å². The highest BCUT2D eigenvalue weighted by Gasteiger charge is 2.34. The normalized spacial score (nSPS) is 23.8. The molecule has 12 heavy (non-hydrogen) atoms. The molecule has 0 N–H and O–H groups in total. The van der Waals surface area contributed by atoms with Crippen molar-refractivity contribution in [1.29, 1.82) is 0 Å². The molecule has 0 nitrogen and oxygen atoms in total. The standard InChI is InChI=1S/C10H16F2/c1-2-3-4-9-5-7-10(11,12)8-6-9/h2,9H,1,3-8H2. The highest BCUT2D eigenvalue weighted by atomic mass is 19.3. The van der Waals surface area contributed by atoms with Crippen molar-refractivity contribution in [3.63, 3.8) is 0 Å². The number of halogens is 2. The van der Waals surface area contributed by atoms with E-state index in [1.165, 1.54) is 0 Å². The van der Waals surface area contributed by atoms with Gasteiger partial charge in [-0.3, -0.25) is 0 Å². The lowest BCUT2D eigenvalue weighted by Gasteiger charge is -2.27. The van der Waals surface area contributed by atoms with Gasteiger partial charge in [0.25, 0.3) is 0 Å². The van der Waals surface area contributed by atoms with Gasteiger partial charge in [0.05, 0.1) is 0 Å². The molecule has 0 radical (unpaired) electrons. The Morgan fingerprint density at radius 2 is 1.92 bits per heavy atom. The number of alkyl halides is 2. The first kappa shape index (κ1) is 9.69. The van der Waals surface area contributed by atoms with Gasteiger partial charge in [-0.05, 0) is 31.6 Å². The van der Waals surface area contributed by atoms with Crippen LogP contribution in [-0.2, 0) is 0 Å². The monoisotopic (exact) mass is 174 g/mol. The Hall–Kier alpha value is -0.400. The largest absolute Gasteiger partial charge is 0.248 e. The second-order valence-electron chi connectivity index (χ2n) is 3.67. The molecule has 0 amide bonds. The van der Waals surface area contributed by atoms with Crippen LogP contribution >= 0.6 is 0 Å². The Morgan fingerprint density at radius 3 is 2.42 bits per heavy atom. The Morgan fingerprint density at radius 1 is 1.33 bits per heavy atom. The minimum Gasteiger partial charge on any atom is -0.207 e. The maximum absolute atomic E-state index is 12.7. The van der Waals surface area contributed by atoms with E-state index in [2.05, 4.69) is 6.58 Å². The molecule has 70 valence electrons. The minimum absolute atomic E-state index is 0.0921. The van der Waals surface area contributed by atoms with Crippen LogP contribution in [0.3, 0.4) is 0 Å². The van der Waals surface area contributed by atoms with E-state index < -0.39 is 5.92 Å². The Kier molecular flexibility index (Phi) is 3.24. The van der Waals surface area contributed by atoms with Crippen LogP contribution in [-0.4, -0.2) is 5.92 Å². The van der Waals surface area contributed by atoms with Crippen LogP contribution in [0.4, 0.5) is 8.78 Å². The van der Waals surface area contributed by atoms with Crippen molar-refractivity contribution >= 4 is 0 Å².